The van der Waals surface area contributed by atoms with Crippen LogP contribution in [-0.2, 0) is 0 Å². The third-order valence-corrected chi connectivity index (χ3v) is 3.84. The van der Waals surface area contributed by atoms with E-state index in [0.717, 1.165) is 16.2 Å². The summed E-state index contributed by atoms with van der Waals surface area (Å²) in [5.74, 6) is 0.222. The minimum absolute atomic E-state index is 0.222. The van der Waals surface area contributed by atoms with E-state index in [2.05, 4.69) is 17.0 Å². The van der Waals surface area contributed by atoms with E-state index in [-0.39, 0.29) is 11.5 Å². The van der Waals surface area contributed by atoms with Crippen LogP contribution in [-0.4, -0.2) is 9.55 Å². The van der Waals surface area contributed by atoms with Gasteiger partial charge in [0.1, 0.15) is 5.82 Å². The van der Waals surface area contributed by atoms with Crippen LogP contribution < -0.4 is 11.4 Å². The van der Waals surface area contributed by atoms with Gasteiger partial charge in [0.25, 0.3) is 0 Å². The van der Waals surface area contributed by atoms with Crippen LogP contribution >= 0.6 is 11.8 Å². The summed E-state index contributed by atoms with van der Waals surface area (Å²) in [6.07, 6.45) is 1.62. The number of nitrogens with zero attached hydrogens (tertiary/aromatic N) is 2. The lowest BCUT2D eigenvalue weighted by Crippen LogP contribution is -2.21. The van der Waals surface area contributed by atoms with Crippen molar-refractivity contribution in [3.05, 3.63) is 70.1 Å². The molecule has 0 atom stereocenters. The molecule has 0 saturated heterocycles. The van der Waals surface area contributed by atoms with Gasteiger partial charge >= 0.3 is 5.69 Å². The molecule has 4 nitrogen and oxygen atoms in total. The van der Waals surface area contributed by atoms with Crippen molar-refractivity contribution in [2.24, 2.45) is 0 Å². The van der Waals surface area contributed by atoms with E-state index >= 15 is 0 Å². The van der Waals surface area contributed by atoms with Crippen LogP contribution in [0.2, 0.25) is 0 Å². The number of aromatic nitrogens is 2. The zero-order valence-corrected chi connectivity index (χ0v) is 12.9. The zero-order valence-electron chi connectivity index (χ0n) is 12.0. The van der Waals surface area contributed by atoms with Gasteiger partial charge in [0, 0.05) is 11.1 Å². The van der Waals surface area contributed by atoms with Crippen LogP contribution in [0.15, 0.2) is 58.9 Å². The Hall–Kier alpha value is -2.27. The average Bonchev–Trinajstić information content (AvgIpc) is 2.45. The van der Waals surface area contributed by atoms with Gasteiger partial charge in [-0.15, -0.1) is 0 Å². The number of nitrogen functional groups attached to an aromatic ring is 1. The number of thioether (sulfide) groups is 1. The molecule has 0 bridgehead atoms. The number of hydrogen-bond donors (Lipinski definition) is 1. The van der Waals surface area contributed by atoms with Crippen molar-refractivity contribution in [1.29, 1.82) is 0 Å². The van der Waals surface area contributed by atoms with E-state index in [0.29, 0.717) is 0 Å². The predicted molar refractivity (Wildman–Crippen MR) is 90.3 cm³/mol. The molecular weight excluding hydrogens is 282 g/mol. The molecule has 0 aliphatic heterocycles. The molecule has 1 aromatic heterocycles. The molecule has 2 aromatic rings. The molecular formula is C16H17N3OS. The first-order valence-electron chi connectivity index (χ1n) is 6.42. The molecule has 0 spiro atoms. The highest BCUT2D eigenvalue weighted by molar-refractivity contribution is 8.10. The summed E-state index contributed by atoms with van der Waals surface area (Å²) in [5.41, 5.74) is 8.10. The summed E-state index contributed by atoms with van der Waals surface area (Å²) in [6.45, 7) is 8.14. The Bertz CT molecular complexity index is 741. The topological polar surface area (TPSA) is 60.9 Å². The third-order valence-electron chi connectivity index (χ3n) is 2.73. The second-order valence-corrected chi connectivity index (χ2v) is 5.75. The van der Waals surface area contributed by atoms with E-state index in [9.17, 15) is 4.79 Å². The second kappa shape index (κ2) is 6.45. The Morgan fingerprint density at radius 3 is 2.52 bits per heavy atom. The SMILES string of the molecule is C=C(SC=C(C)C)c1ccc(-n2ccc(N)nc2=O)cc1. The van der Waals surface area contributed by atoms with Crippen LogP contribution in [0.3, 0.4) is 0 Å². The van der Waals surface area contributed by atoms with Crippen molar-refractivity contribution < 1.29 is 0 Å². The van der Waals surface area contributed by atoms with Crippen molar-refractivity contribution in [3.63, 3.8) is 0 Å². The quantitative estimate of drug-likeness (QED) is 0.939. The molecule has 0 saturated carbocycles. The van der Waals surface area contributed by atoms with E-state index in [1.807, 2.05) is 38.1 Å². The van der Waals surface area contributed by atoms with E-state index in [4.69, 9.17) is 5.73 Å². The number of anilines is 1. The maximum Gasteiger partial charge on any atom is 0.354 e. The Balaban J connectivity index is 2.25. The fraction of sp³-hybridized carbons (Fsp3) is 0.125. The van der Waals surface area contributed by atoms with Crippen molar-refractivity contribution in [2.45, 2.75) is 13.8 Å². The monoisotopic (exact) mass is 299 g/mol. The molecule has 0 aliphatic carbocycles. The van der Waals surface area contributed by atoms with Crippen molar-refractivity contribution >= 4 is 22.5 Å². The molecule has 2 N–H and O–H groups in total. The Morgan fingerprint density at radius 1 is 1.29 bits per heavy atom. The molecule has 0 fully saturated rings. The summed E-state index contributed by atoms with van der Waals surface area (Å²) in [6, 6.07) is 9.20. The normalized spacial score (nSPS) is 10.2. The van der Waals surface area contributed by atoms with Crippen molar-refractivity contribution in [1.82, 2.24) is 9.55 Å². The first-order chi connectivity index (χ1) is 9.97. The molecule has 0 radical (unpaired) electrons. The Morgan fingerprint density at radius 2 is 1.95 bits per heavy atom. The molecule has 108 valence electrons. The number of nitrogens with two attached hydrogens (primary N) is 1. The van der Waals surface area contributed by atoms with Gasteiger partial charge in [0.05, 0.1) is 5.69 Å². The molecule has 1 aromatic carbocycles. The van der Waals surface area contributed by atoms with Gasteiger partial charge in [0.15, 0.2) is 0 Å². The van der Waals surface area contributed by atoms with Crippen LogP contribution in [0.5, 0.6) is 0 Å². The summed E-state index contributed by atoms with van der Waals surface area (Å²) in [7, 11) is 0. The number of hydrogen-bond acceptors (Lipinski definition) is 4. The maximum atomic E-state index is 11.8. The van der Waals surface area contributed by atoms with Gasteiger partial charge < -0.3 is 5.73 Å². The molecule has 0 aliphatic rings. The molecule has 0 amide bonds. The molecule has 0 unspecified atom stereocenters. The first kappa shape index (κ1) is 15.1. The van der Waals surface area contributed by atoms with E-state index < -0.39 is 0 Å². The first-order valence-corrected chi connectivity index (χ1v) is 7.30. The van der Waals surface area contributed by atoms with Gasteiger partial charge in [-0.25, -0.2) is 4.79 Å². The summed E-state index contributed by atoms with van der Waals surface area (Å²) >= 11 is 1.59. The van der Waals surface area contributed by atoms with Gasteiger partial charge in [-0.2, -0.15) is 4.98 Å². The Kier molecular flexibility index (Phi) is 4.65. The van der Waals surface area contributed by atoms with Gasteiger partial charge in [-0.05, 0) is 43.0 Å². The highest BCUT2D eigenvalue weighted by atomic mass is 32.2. The lowest BCUT2D eigenvalue weighted by molar-refractivity contribution is 0.919. The predicted octanol–water partition coefficient (Wildman–Crippen LogP) is 3.44. The van der Waals surface area contributed by atoms with Crippen molar-refractivity contribution in [3.8, 4) is 5.69 Å². The summed E-state index contributed by atoms with van der Waals surface area (Å²) < 4.78 is 1.45. The zero-order chi connectivity index (χ0) is 15.4. The minimum atomic E-state index is -0.388. The lowest BCUT2D eigenvalue weighted by atomic mass is 10.2. The molecule has 21 heavy (non-hydrogen) atoms. The van der Waals surface area contributed by atoms with Gasteiger partial charge in [-0.3, -0.25) is 4.57 Å². The van der Waals surface area contributed by atoms with Crippen molar-refractivity contribution in [2.75, 3.05) is 5.73 Å². The van der Waals surface area contributed by atoms with E-state index in [1.165, 1.54) is 10.1 Å². The fourth-order valence-corrected chi connectivity index (χ4v) is 2.33. The standard InChI is InChI=1S/C16H17N3OS/c1-11(2)10-21-12(3)13-4-6-14(7-5-13)19-9-8-15(17)18-16(19)20/h4-10H,3H2,1-2H3,(H2,17,18,20). The van der Waals surface area contributed by atoms with Gasteiger partial charge in [-0.1, -0.05) is 36.0 Å². The maximum absolute atomic E-state index is 11.8. The van der Waals surface area contributed by atoms with Crippen LogP contribution in [0.1, 0.15) is 19.4 Å². The smallest absolute Gasteiger partial charge is 0.354 e. The summed E-state index contributed by atoms with van der Waals surface area (Å²) in [5, 5.41) is 2.06. The molecule has 2 rings (SSSR count). The Labute approximate surface area is 128 Å². The minimum Gasteiger partial charge on any atom is -0.383 e. The average molecular weight is 299 g/mol. The highest BCUT2D eigenvalue weighted by Gasteiger charge is 2.03. The largest absolute Gasteiger partial charge is 0.383 e. The molecule has 5 heteroatoms. The number of allylic oxidation sites excluding steroid dienone is 1. The van der Waals surface area contributed by atoms with E-state index in [1.54, 1.807) is 24.0 Å². The van der Waals surface area contributed by atoms with Crippen LogP contribution in [0.4, 0.5) is 5.82 Å². The van der Waals surface area contributed by atoms with Crippen LogP contribution in [0, 0.1) is 0 Å². The number of rotatable bonds is 4. The van der Waals surface area contributed by atoms with Crippen LogP contribution in [0.25, 0.3) is 10.6 Å². The fourth-order valence-electron chi connectivity index (χ4n) is 1.68. The highest BCUT2D eigenvalue weighted by Crippen LogP contribution is 2.27. The third kappa shape index (κ3) is 3.86. The second-order valence-electron chi connectivity index (χ2n) is 4.79. The number of benzene rings is 1. The van der Waals surface area contributed by atoms with Gasteiger partial charge in [0.2, 0.25) is 0 Å². The lowest BCUT2D eigenvalue weighted by Gasteiger charge is -2.07. The molecule has 1 heterocycles. The summed E-state index contributed by atoms with van der Waals surface area (Å²) in [4.78, 5) is 16.5.